The molecule has 142 valence electrons. The number of carbonyl (C=O) groups is 1. The zero-order valence-corrected chi connectivity index (χ0v) is 16.4. The quantitative estimate of drug-likeness (QED) is 0.811. The number of fused-ring (bicyclic) bond motifs is 1. The molecule has 0 spiro atoms. The van der Waals surface area contributed by atoms with Gasteiger partial charge in [0.05, 0.1) is 6.54 Å². The Hall–Kier alpha value is -1.88. The number of hydrogen-bond donors (Lipinski definition) is 0. The van der Waals surface area contributed by atoms with E-state index in [2.05, 4.69) is 46.2 Å². The topological polar surface area (TPSA) is 26.8 Å². The monoisotopic (exact) mass is 383 g/mol. The maximum atomic E-state index is 12.7. The molecule has 2 heterocycles. The van der Waals surface area contributed by atoms with E-state index < -0.39 is 0 Å². The smallest absolute Gasteiger partial charge is 0.237 e. The highest BCUT2D eigenvalue weighted by Gasteiger charge is 2.24. The third-order valence-electron chi connectivity index (χ3n) is 5.63. The fraction of sp³-hybridized carbons (Fsp3) is 0.409. The zero-order chi connectivity index (χ0) is 18.6. The first kappa shape index (κ1) is 18.5. The van der Waals surface area contributed by atoms with Crippen molar-refractivity contribution in [3.8, 4) is 0 Å². The lowest BCUT2D eigenvalue weighted by Gasteiger charge is -2.36. The summed E-state index contributed by atoms with van der Waals surface area (Å²) in [4.78, 5) is 19.5. The zero-order valence-electron chi connectivity index (χ0n) is 15.6. The van der Waals surface area contributed by atoms with Gasteiger partial charge in [0.1, 0.15) is 0 Å². The van der Waals surface area contributed by atoms with Gasteiger partial charge in [-0.25, -0.2) is 0 Å². The Morgan fingerprint density at radius 2 is 1.52 bits per heavy atom. The van der Waals surface area contributed by atoms with Crippen molar-refractivity contribution in [2.75, 3.05) is 39.3 Å². The van der Waals surface area contributed by atoms with Crippen molar-refractivity contribution in [3.63, 3.8) is 0 Å². The van der Waals surface area contributed by atoms with Gasteiger partial charge in [-0.1, -0.05) is 48.0 Å². The van der Waals surface area contributed by atoms with Gasteiger partial charge in [0.15, 0.2) is 0 Å². The summed E-state index contributed by atoms with van der Waals surface area (Å²) < 4.78 is 0. The number of halogens is 1. The van der Waals surface area contributed by atoms with E-state index in [0.717, 1.165) is 57.3 Å². The van der Waals surface area contributed by atoms with Crippen molar-refractivity contribution in [1.82, 2.24) is 14.7 Å². The summed E-state index contributed by atoms with van der Waals surface area (Å²) in [5.74, 6) is 0.260. The summed E-state index contributed by atoms with van der Waals surface area (Å²) in [6.45, 7) is 6.97. The highest BCUT2D eigenvalue weighted by Crippen LogP contribution is 2.19. The molecule has 0 N–H and O–H groups in total. The molecule has 1 fully saturated rings. The summed E-state index contributed by atoms with van der Waals surface area (Å²) in [6.07, 6.45) is 0.969. The van der Waals surface area contributed by atoms with Gasteiger partial charge in [-0.15, -0.1) is 0 Å². The summed E-state index contributed by atoms with van der Waals surface area (Å²) in [7, 11) is 0. The van der Waals surface area contributed by atoms with E-state index in [-0.39, 0.29) is 5.91 Å². The maximum absolute atomic E-state index is 12.7. The van der Waals surface area contributed by atoms with Crippen molar-refractivity contribution in [3.05, 3.63) is 70.2 Å². The Bertz CT molecular complexity index is 784. The number of benzene rings is 2. The van der Waals surface area contributed by atoms with Gasteiger partial charge in [-0.05, 0) is 35.2 Å². The van der Waals surface area contributed by atoms with Crippen molar-refractivity contribution in [1.29, 1.82) is 0 Å². The van der Waals surface area contributed by atoms with Crippen LogP contribution < -0.4 is 0 Å². The molecule has 0 atom stereocenters. The number of nitrogens with zero attached hydrogens (tertiary/aromatic N) is 3. The summed E-state index contributed by atoms with van der Waals surface area (Å²) in [6, 6.07) is 16.5. The third kappa shape index (κ3) is 4.70. The summed E-state index contributed by atoms with van der Waals surface area (Å²) in [5.41, 5.74) is 3.97. The highest BCUT2D eigenvalue weighted by molar-refractivity contribution is 6.30. The molecule has 4 nitrogen and oxygen atoms in total. The van der Waals surface area contributed by atoms with Gasteiger partial charge in [0.25, 0.3) is 0 Å². The largest absolute Gasteiger partial charge is 0.337 e. The third-order valence-corrected chi connectivity index (χ3v) is 5.88. The molecule has 0 radical (unpaired) electrons. The second-order valence-electron chi connectivity index (χ2n) is 7.51. The normalized spacial score (nSPS) is 18.3. The van der Waals surface area contributed by atoms with E-state index in [1.165, 1.54) is 16.7 Å². The minimum Gasteiger partial charge on any atom is -0.337 e. The lowest BCUT2D eigenvalue weighted by Crippen LogP contribution is -2.50. The predicted octanol–water partition coefficient (Wildman–Crippen LogP) is 3.04. The molecule has 1 saturated heterocycles. The molecule has 0 saturated carbocycles. The molecule has 0 aliphatic carbocycles. The van der Waals surface area contributed by atoms with Gasteiger partial charge in [0.2, 0.25) is 5.91 Å². The predicted molar refractivity (Wildman–Crippen MR) is 109 cm³/mol. The summed E-state index contributed by atoms with van der Waals surface area (Å²) >= 11 is 5.96. The number of rotatable bonds is 4. The first-order valence-corrected chi connectivity index (χ1v) is 10.1. The SMILES string of the molecule is O=C(CN1CCN(Cc2ccc(Cl)cc2)CC1)N1CCc2ccccc2C1. The second kappa shape index (κ2) is 8.42. The minimum absolute atomic E-state index is 0.260. The van der Waals surface area contributed by atoms with Gasteiger partial charge in [0, 0.05) is 50.8 Å². The average molecular weight is 384 g/mol. The molecular formula is C22H26ClN3O. The number of amides is 1. The molecule has 2 aliphatic rings. The van der Waals surface area contributed by atoms with Crippen LogP contribution in [0.25, 0.3) is 0 Å². The Balaban J connectivity index is 1.24. The second-order valence-corrected chi connectivity index (χ2v) is 7.95. The molecule has 2 aliphatic heterocycles. The minimum atomic E-state index is 0.260. The molecule has 4 rings (SSSR count). The van der Waals surface area contributed by atoms with E-state index in [1.807, 2.05) is 17.0 Å². The van der Waals surface area contributed by atoms with E-state index >= 15 is 0 Å². The van der Waals surface area contributed by atoms with Gasteiger partial charge in [-0.3, -0.25) is 14.6 Å². The van der Waals surface area contributed by atoms with Crippen LogP contribution >= 0.6 is 11.6 Å². The lowest BCUT2D eigenvalue weighted by molar-refractivity contribution is -0.133. The molecule has 2 aromatic carbocycles. The molecule has 5 heteroatoms. The van der Waals surface area contributed by atoms with E-state index in [4.69, 9.17) is 11.6 Å². The fourth-order valence-electron chi connectivity index (χ4n) is 3.95. The van der Waals surface area contributed by atoms with Crippen molar-refractivity contribution >= 4 is 17.5 Å². The average Bonchev–Trinajstić information content (AvgIpc) is 2.71. The number of piperazine rings is 1. The fourth-order valence-corrected chi connectivity index (χ4v) is 4.08. The molecule has 0 bridgehead atoms. The van der Waals surface area contributed by atoms with Crippen LogP contribution in [0.2, 0.25) is 5.02 Å². The van der Waals surface area contributed by atoms with Crippen LogP contribution in [0.3, 0.4) is 0 Å². The first-order chi connectivity index (χ1) is 13.2. The Kier molecular flexibility index (Phi) is 5.77. The van der Waals surface area contributed by atoms with Crippen LogP contribution in [0, 0.1) is 0 Å². The number of hydrogen-bond acceptors (Lipinski definition) is 3. The summed E-state index contributed by atoms with van der Waals surface area (Å²) in [5, 5.41) is 0.780. The molecule has 0 unspecified atom stereocenters. The molecule has 0 aromatic heterocycles. The maximum Gasteiger partial charge on any atom is 0.237 e. The van der Waals surface area contributed by atoms with E-state index in [1.54, 1.807) is 0 Å². The lowest BCUT2D eigenvalue weighted by atomic mass is 10.00. The Labute approximate surface area is 166 Å². The van der Waals surface area contributed by atoms with Crippen molar-refractivity contribution in [2.45, 2.75) is 19.5 Å². The van der Waals surface area contributed by atoms with E-state index in [9.17, 15) is 4.79 Å². The van der Waals surface area contributed by atoms with E-state index in [0.29, 0.717) is 6.54 Å². The first-order valence-electron chi connectivity index (χ1n) is 9.71. The molecule has 1 amide bonds. The van der Waals surface area contributed by atoms with Crippen LogP contribution in [-0.4, -0.2) is 59.9 Å². The molecule has 27 heavy (non-hydrogen) atoms. The van der Waals surface area contributed by atoms with Crippen LogP contribution in [0.5, 0.6) is 0 Å². The Morgan fingerprint density at radius 3 is 2.26 bits per heavy atom. The van der Waals surface area contributed by atoms with Gasteiger partial charge < -0.3 is 4.90 Å². The molecule has 2 aromatic rings. The van der Waals surface area contributed by atoms with Crippen LogP contribution in [0.1, 0.15) is 16.7 Å². The van der Waals surface area contributed by atoms with Crippen LogP contribution in [0.15, 0.2) is 48.5 Å². The van der Waals surface area contributed by atoms with Crippen molar-refractivity contribution in [2.24, 2.45) is 0 Å². The van der Waals surface area contributed by atoms with Gasteiger partial charge >= 0.3 is 0 Å². The van der Waals surface area contributed by atoms with Gasteiger partial charge in [-0.2, -0.15) is 0 Å². The van der Waals surface area contributed by atoms with Crippen molar-refractivity contribution < 1.29 is 4.79 Å². The van der Waals surface area contributed by atoms with Crippen LogP contribution in [-0.2, 0) is 24.3 Å². The standard InChI is InChI=1S/C22H26ClN3O/c23-21-7-5-18(6-8-21)15-24-11-13-25(14-12-24)17-22(27)26-10-9-19-3-1-2-4-20(19)16-26/h1-8H,9-17H2. The van der Waals surface area contributed by atoms with Crippen LogP contribution in [0.4, 0.5) is 0 Å². The Morgan fingerprint density at radius 1 is 0.852 bits per heavy atom. The molecular weight excluding hydrogens is 358 g/mol. The highest BCUT2D eigenvalue weighted by atomic mass is 35.5. The number of carbonyl (C=O) groups excluding carboxylic acids is 1.